The summed E-state index contributed by atoms with van der Waals surface area (Å²) < 4.78 is 0. The highest BCUT2D eigenvalue weighted by Gasteiger charge is 1.99. The predicted octanol–water partition coefficient (Wildman–Crippen LogP) is 1.62. The molecule has 0 spiro atoms. The molecular formula is C12H16N4O. The molecule has 0 bridgehead atoms. The van der Waals surface area contributed by atoms with Gasteiger partial charge in [0.1, 0.15) is 0 Å². The highest BCUT2D eigenvalue weighted by Crippen LogP contribution is 2.15. The molecule has 0 atom stereocenters. The molecule has 0 unspecified atom stereocenters. The van der Waals surface area contributed by atoms with Crippen LogP contribution in [0.1, 0.15) is 25.0 Å². The molecule has 17 heavy (non-hydrogen) atoms. The van der Waals surface area contributed by atoms with Crippen molar-refractivity contribution < 1.29 is 0 Å². The van der Waals surface area contributed by atoms with Crippen molar-refractivity contribution in [2.45, 2.75) is 26.2 Å². The highest BCUT2D eigenvalue weighted by atomic mass is 16.1. The van der Waals surface area contributed by atoms with Crippen LogP contribution in [0.2, 0.25) is 0 Å². The molecule has 90 valence electrons. The second-order valence-corrected chi connectivity index (χ2v) is 4.02. The van der Waals surface area contributed by atoms with Gasteiger partial charge in [0.15, 0.2) is 0 Å². The molecule has 3 N–H and O–H groups in total. The maximum atomic E-state index is 11.2. The highest BCUT2D eigenvalue weighted by molar-refractivity contribution is 5.24. The van der Waals surface area contributed by atoms with Gasteiger partial charge in [0.05, 0.1) is 0 Å². The van der Waals surface area contributed by atoms with Crippen molar-refractivity contribution in [2.75, 3.05) is 5.43 Å². The molecule has 1 aliphatic rings. The monoisotopic (exact) mass is 232 g/mol. The summed E-state index contributed by atoms with van der Waals surface area (Å²) in [6.07, 6.45) is 9.41. The Kier molecular flexibility index (Phi) is 3.59. The van der Waals surface area contributed by atoms with Crippen LogP contribution >= 0.6 is 0 Å². The molecule has 5 nitrogen and oxygen atoms in total. The van der Waals surface area contributed by atoms with Crippen LogP contribution in [0.3, 0.4) is 0 Å². The van der Waals surface area contributed by atoms with E-state index in [1.54, 1.807) is 6.92 Å². The van der Waals surface area contributed by atoms with Crippen molar-refractivity contribution in [3.63, 3.8) is 0 Å². The van der Waals surface area contributed by atoms with E-state index in [-0.39, 0.29) is 5.56 Å². The van der Waals surface area contributed by atoms with Crippen molar-refractivity contribution in [2.24, 2.45) is 0 Å². The van der Waals surface area contributed by atoms with E-state index in [0.29, 0.717) is 11.6 Å². The molecule has 0 fully saturated rings. The van der Waals surface area contributed by atoms with Gasteiger partial charge in [0, 0.05) is 18.0 Å². The number of H-pyrrole nitrogens is 1. The van der Waals surface area contributed by atoms with Gasteiger partial charge < -0.3 is 5.43 Å². The molecule has 1 aliphatic carbocycles. The fraction of sp³-hybridized carbons (Fsp3) is 0.333. The van der Waals surface area contributed by atoms with E-state index in [2.05, 4.69) is 33.0 Å². The topological polar surface area (TPSA) is 69.8 Å². The van der Waals surface area contributed by atoms with Crippen molar-refractivity contribution in [3.8, 4) is 0 Å². The first kappa shape index (κ1) is 11.4. The Morgan fingerprint density at radius 1 is 1.47 bits per heavy atom. The summed E-state index contributed by atoms with van der Waals surface area (Å²) in [5.41, 5.74) is 7.66. The number of anilines is 1. The molecule has 0 aromatic carbocycles. The number of hydrogen-bond acceptors (Lipinski definition) is 4. The van der Waals surface area contributed by atoms with Gasteiger partial charge in [0.25, 0.3) is 5.56 Å². The molecule has 0 amide bonds. The van der Waals surface area contributed by atoms with Gasteiger partial charge in [-0.2, -0.15) is 0 Å². The number of hydrogen-bond donors (Lipinski definition) is 3. The van der Waals surface area contributed by atoms with Crippen LogP contribution in [0.4, 0.5) is 5.95 Å². The Bertz CT molecular complexity index is 501. The quantitative estimate of drug-likeness (QED) is 0.547. The van der Waals surface area contributed by atoms with E-state index in [4.69, 9.17) is 0 Å². The average Bonchev–Trinajstić information content (AvgIpc) is 2.29. The first-order valence-electron chi connectivity index (χ1n) is 5.66. The minimum absolute atomic E-state index is 0.157. The standard InChI is InChI=1S/C12H16N4O/c1-9-7-11(17)15-12(14-9)16-13-8-10-5-3-2-4-6-10/h2-3,7-8,13H,4-6H2,1H3,(H2,14,15,16,17)/b10-8+. The normalized spacial score (nSPS) is 17.1. The van der Waals surface area contributed by atoms with Crippen molar-refractivity contribution >= 4 is 5.95 Å². The number of aryl methyl sites for hydroxylation is 1. The number of rotatable bonds is 3. The Morgan fingerprint density at radius 2 is 2.35 bits per heavy atom. The number of nitrogens with one attached hydrogen (secondary N) is 3. The molecule has 0 saturated heterocycles. The lowest BCUT2D eigenvalue weighted by Crippen LogP contribution is -2.21. The lowest BCUT2D eigenvalue weighted by Gasteiger charge is -2.10. The van der Waals surface area contributed by atoms with Gasteiger partial charge in [-0.1, -0.05) is 12.2 Å². The fourth-order valence-corrected chi connectivity index (χ4v) is 1.70. The molecule has 2 rings (SSSR count). The van der Waals surface area contributed by atoms with Gasteiger partial charge >= 0.3 is 0 Å². The summed E-state index contributed by atoms with van der Waals surface area (Å²) in [6.45, 7) is 1.78. The number of allylic oxidation sites excluding steroid dienone is 3. The Balaban J connectivity index is 1.93. The lowest BCUT2D eigenvalue weighted by molar-refractivity contribution is 0.864. The van der Waals surface area contributed by atoms with Crippen LogP contribution in [0.25, 0.3) is 0 Å². The van der Waals surface area contributed by atoms with E-state index in [0.717, 1.165) is 19.3 Å². The molecule has 0 radical (unpaired) electrons. The molecule has 0 aliphatic heterocycles. The summed E-state index contributed by atoms with van der Waals surface area (Å²) in [5.74, 6) is 0.429. The summed E-state index contributed by atoms with van der Waals surface area (Å²) in [7, 11) is 0. The maximum Gasteiger partial charge on any atom is 0.252 e. The van der Waals surface area contributed by atoms with Gasteiger partial charge in [-0.05, 0) is 31.8 Å². The van der Waals surface area contributed by atoms with Crippen molar-refractivity contribution in [3.05, 3.63) is 46.0 Å². The smallest absolute Gasteiger partial charge is 0.252 e. The Labute approximate surface area is 99.6 Å². The van der Waals surface area contributed by atoms with Gasteiger partial charge in [-0.3, -0.25) is 15.2 Å². The summed E-state index contributed by atoms with van der Waals surface area (Å²) in [4.78, 5) is 17.9. The lowest BCUT2D eigenvalue weighted by atomic mass is 10.0. The van der Waals surface area contributed by atoms with Crippen molar-refractivity contribution in [1.82, 2.24) is 15.4 Å². The van der Waals surface area contributed by atoms with E-state index in [1.165, 1.54) is 11.6 Å². The minimum Gasteiger partial charge on any atom is -0.306 e. The number of hydrazine groups is 1. The molecule has 0 saturated carbocycles. The minimum atomic E-state index is -0.157. The zero-order chi connectivity index (χ0) is 12.1. The van der Waals surface area contributed by atoms with Crippen molar-refractivity contribution in [1.29, 1.82) is 0 Å². The molecule has 1 aromatic rings. The number of aromatic amines is 1. The summed E-state index contributed by atoms with van der Waals surface area (Å²) >= 11 is 0. The maximum absolute atomic E-state index is 11.2. The van der Waals surface area contributed by atoms with Crippen LogP contribution in [-0.4, -0.2) is 9.97 Å². The predicted molar refractivity (Wildman–Crippen MR) is 67.4 cm³/mol. The van der Waals surface area contributed by atoms with Crippen LogP contribution < -0.4 is 16.4 Å². The SMILES string of the molecule is Cc1cc(=O)[nH]c(NN/C=C2\CC=CCC2)n1. The molecule has 5 heteroatoms. The van der Waals surface area contributed by atoms with E-state index < -0.39 is 0 Å². The van der Waals surface area contributed by atoms with Crippen LogP contribution in [0.15, 0.2) is 34.8 Å². The van der Waals surface area contributed by atoms with Gasteiger partial charge in [-0.15, -0.1) is 0 Å². The third kappa shape index (κ3) is 3.48. The third-order valence-corrected chi connectivity index (χ3v) is 2.52. The molecule has 1 aromatic heterocycles. The van der Waals surface area contributed by atoms with Crippen LogP contribution in [0, 0.1) is 6.92 Å². The summed E-state index contributed by atoms with van der Waals surface area (Å²) in [6, 6.07) is 1.45. The van der Waals surface area contributed by atoms with Crippen LogP contribution in [-0.2, 0) is 0 Å². The molecular weight excluding hydrogens is 216 g/mol. The van der Waals surface area contributed by atoms with E-state index in [9.17, 15) is 4.79 Å². The average molecular weight is 232 g/mol. The van der Waals surface area contributed by atoms with Crippen LogP contribution in [0.5, 0.6) is 0 Å². The zero-order valence-electron chi connectivity index (χ0n) is 9.79. The van der Waals surface area contributed by atoms with Gasteiger partial charge in [-0.25, -0.2) is 4.98 Å². The Hall–Kier alpha value is -2.04. The van der Waals surface area contributed by atoms with Gasteiger partial charge in [0.2, 0.25) is 5.95 Å². The number of nitrogens with zero attached hydrogens (tertiary/aromatic N) is 1. The zero-order valence-corrected chi connectivity index (χ0v) is 9.79. The second kappa shape index (κ2) is 5.34. The first-order chi connectivity index (χ1) is 8.24. The summed E-state index contributed by atoms with van der Waals surface area (Å²) in [5, 5.41) is 0. The molecule has 1 heterocycles. The second-order valence-electron chi connectivity index (χ2n) is 4.02. The number of aromatic nitrogens is 2. The first-order valence-corrected chi connectivity index (χ1v) is 5.66. The van der Waals surface area contributed by atoms with E-state index in [1.807, 2.05) is 6.20 Å². The third-order valence-electron chi connectivity index (χ3n) is 2.52. The fourth-order valence-electron chi connectivity index (χ4n) is 1.70. The Morgan fingerprint density at radius 3 is 3.06 bits per heavy atom. The van der Waals surface area contributed by atoms with E-state index >= 15 is 0 Å². The largest absolute Gasteiger partial charge is 0.306 e.